The molecule has 210 valence electrons. The zero-order chi connectivity index (χ0) is 27.9. The van der Waals surface area contributed by atoms with Gasteiger partial charge in [0.05, 0.1) is 30.1 Å². The van der Waals surface area contributed by atoms with Gasteiger partial charge in [0.2, 0.25) is 17.7 Å². The van der Waals surface area contributed by atoms with Crippen molar-refractivity contribution < 1.29 is 24.2 Å². The van der Waals surface area contributed by atoms with Crippen LogP contribution in [0.5, 0.6) is 0 Å². The van der Waals surface area contributed by atoms with Crippen molar-refractivity contribution in [3.8, 4) is 0 Å². The van der Waals surface area contributed by atoms with Crippen molar-refractivity contribution >= 4 is 34.2 Å². The maximum absolute atomic E-state index is 14.3. The highest BCUT2D eigenvalue weighted by Gasteiger charge is 2.79. The summed E-state index contributed by atoms with van der Waals surface area (Å²) in [6.45, 7) is 8.29. The summed E-state index contributed by atoms with van der Waals surface area (Å²) in [4.78, 5) is 43.6. The summed E-state index contributed by atoms with van der Waals surface area (Å²) >= 11 is 0. The second-order valence-corrected chi connectivity index (χ2v) is 11.9. The maximum atomic E-state index is 14.3. The average Bonchev–Trinajstić information content (AvgIpc) is 3.53. The van der Waals surface area contributed by atoms with Crippen molar-refractivity contribution in [2.45, 2.75) is 83.1 Å². The van der Waals surface area contributed by atoms with Crippen LogP contribution in [0.1, 0.15) is 59.8 Å². The van der Waals surface area contributed by atoms with Crippen LogP contribution < -0.4 is 10.6 Å². The molecule has 3 aliphatic rings. The van der Waals surface area contributed by atoms with E-state index in [-0.39, 0.29) is 30.2 Å². The fraction of sp³-hybridized carbons (Fsp3) is 0.581. The number of likely N-dealkylation sites (tertiary alicyclic amines) is 1. The van der Waals surface area contributed by atoms with Crippen molar-refractivity contribution in [1.82, 2.24) is 10.2 Å². The highest BCUT2D eigenvalue weighted by Crippen LogP contribution is 2.64. The van der Waals surface area contributed by atoms with Gasteiger partial charge in [-0.1, -0.05) is 58.0 Å². The number of benzene rings is 2. The fourth-order valence-corrected chi connectivity index (χ4v) is 7.40. The summed E-state index contributed by atoms with van der Waals surface area (Å²) in [6, 6.07) is 12.1. The summed E-state index contributed by atoms with van der Waals surface area (Å²) in [6.07, 6.45) is 3.03. The van der Waals surface area contributed by atoms with Gasteiger partial charge in [-0.2, -0.15) is 0 Å². The molecule has 3 aliphatic heterocycles. The first-order chi connectivity index (χ1) is 18.7. The van der Waals surface area contributed by atoms with Crippen LogP contribution >= 0.6 is 0 Å². The monoisotopic (exact) mass is 535 g/mol. The van der Waals surface area contributed by atoms with E-state index in [0.29, 0.717) is 37.9 Å². The molecule has 6 atom stereocenters. The van der Waals surface area contributed by atoms with Gasteiger partial charge in [0.15, 0.2) is 0 Å². The molecule has 2 unspecified atom stereocenters. The number of carbonyl (C=O) groups excluding carboxylic acids is 3. The Labute approximate surface area is 230 Å². The molecule has 2 bridgehead atoms. The van der Waals surface area contributed by atoms with Crippen molar-refractivity contribution in [1.29, 1.82) is 0 Å². The number of aliphatic hydroxyl groups is 1. The molecule has 0 aliphatic carbocycles. The molecule has 2 aromatic carbocycles. The number of hydrogen-bond donors (Lipinski definition) is 3. The van der Waals surface area contributed by atoms with Gasteiger partial charge in [0.25, 0.3) is 0 Å². The molecule has 2 aromatic rings. The summed E-state index contributed by atoms with van der Waals surface area (Å²) in [5, 5.41) is 18.6. The van der Waals surface area contributed by atoms with E-state index < -0.39 is 35.1 Å². The molecule has 39 heavy (non-hydrogen) atoms. The summed E-state index contributed by atoms with van der Waals surface area (Å²) < 4.78 is 6.81. The summed E-state index contributed by atoms with van der Waals surface area (Å²) in [5.41, 5.74) is -1.27. The second-order valence-electron chi connectivity index (χ2n) is 11.9. The first-order valence-electron chi connectivity index (χ1n) is 14.4. The molecule has 3 saturated heterocycles. The number of nitrogens with one attached hydrogen (secondary N) is 2. The standard InChI is InChI=1S/C31H41N3O5/c1-5-15-32-27(36)24-25-29(38)34(23(18-35)16-19(3)4)26(31(25)14-13-30(24,6-2)39-31)28(37)33-22-12-11-20-9-7-8-10-21(20)17-22/h7-12,17,19,23-26,35H,5-6,13-16,18H2,1-4H3,(H,32,36)(H,33,37)/t23-,24-,25+,26?,30+,31?/m1/s1. The van der Waals surface area contributed by atoms with E-state index in [2.05, 4.69) is 10.6 Å². The van der Waals surface area contributed by atoms with E-state index in [1.54, 1.807) is 4.90 Å². The third kappa shape index (κ3) is 4.42. The lowest BCUT2D eigenvalue weighted by Gasteiger charge is -2.37. The number of nitrogens with zero attached hydrogens (tertiary/aromatic N) is 1. The van der Waals surface area contributed by atoms with Gasteiger partial charge in [0.1, 0.15) is 11.6 Å². The molecule has 0 saturated carbocycles. The van der Waals surface area contributed by atoms with Gasteiger partial charge in [-0.15, -0.1) is 0 Å². The average molecular weight is 536 g/mol. The van der Waals surface area contributed by atoms with E-state index in [9.17, 15) is 19.5 Å². The topological polar surface area (TPSA) is 108 Å². The van der Waals surface area contributed by atoms with Gasteiger partial charge in [-0.05, 0) is 60.9 Å². The molecule has 3 amide bonds. The number of anilines is 1. The number of aliphatic hydroxyl groups excluding tert-OH is 1. The molecule has 8 heteroatoms. The Bertz CT molecular complexity index is 1260. The molecular weight excluding hydrogens is 494 g/mol. The summed E-state index contributed by atoms with van der Waals surface area (Å²) in [5.74, 6) is -2.03. The van der Waals surface area contributed by atoms with E-state index in [1.165, 1.54) is 0 Å². The number of fused-ring (bicyclic) bond motifs is 2. The molecular formula is C31H41N3O5. The quantitative estimate of drug-likeness (QED) is 0.428. The van der Waals surface area contributed by atoms with Crippen LogP contribution in [-0.2, 0) is 19.1 Å². The minimum absolute atomic E-state index is 0.182. The van der Waals surface area contributed by atoms with Gasteiger partial charge >= 0.3 is 0 Å². The SMILES string of the molecule is CCCNC(=O)[C@H]1[C@H]2C(=O)N([C@@H](CO)CC(C)C)C(C(=O)Nc3ccc4ccccc4c3)C23CC[C@]1(CC)O3. The maximum Gasteiger partial charge on any atom is 0.250 e. The number of rotatable bonds is 10. The normalized spacial score (nSPS) is 30.2. The minimum atomic E-state index is -1.12. The van der Waals surface area contributed by atoms with E-state index in [1.807, 2.05) is 70.2 Å². The molecule has 3 fully saturated rings. The molecule has 5 rings (SSSR count). The first-order valence-corrected chi connectivity index (χ1v) is 14.4. The van der Waals surface area contributed by atoms with Gasteiger partial charge in [0, 0.05) is 12.2 Å². The third-order valence-corrected chi connectivity index (χ3v) is 9.06. The molecule has 3 heterocycles. The Morgan fingerprint density at radius 3 is 2.51 bits per heavy atom. The van der Waals surface area contributed by atoms with Crippen molar-refractivity contribution in [2.75, 3.05) is 18.5 Å². The van der Waals surface area contributed by atoms with Crippen LogP contribution in [-0.4, -0.2) is 64.2 Å². The smallest absolute Gasteiger partial charge is 0.250 e. The first kappa shape index (κ1) is 27.6. The Morgan fingerprint density at radius 1 is 1.10 bits per heavy atom. The van der Waals surface area contributed by atoms with Crippen molar-refractivity contribution in [3.63, 3.8) is 0 Å². The van der Waals surface area contributed by atoms with Gasteiger partial charge < -0.3 is 25.4 Å². The molecule has 3 N–H and O–H groups in total. The van der Waals surface area contributed by atoms with E-state index in [0.717, 1.165) is 17.2 Å². The van der Waals surface area contributed by atoms with Crippen molar-refractivity contribution in [3.05, 3.63) is 42.5 Å². The number of ether oxygens (including phenoxy) is 1. The van der Waals surface area contributed by atoms with Gasteiger partial charge in [-0.25, -0.2) is 0 Å². The van der Waals surface area contributed by atoms with E-state index in [4.69, 9.17) is 4.74 Å². The fourth-order valence-electron chi connectivity index (χ4n) is 7.40. The molecule has 0 radical (unpaired) electrons. The van der Waals surface area contributed by atoms with Crippen LogP contribution in [0.15, 0.2) is 42.5 Å². The Balaban J connectivity index is 1.56. The van der Waals surface area contributed by atoms with Crippen LogP contribution in [0.3, 0.4) is 0 Å². The van der Waals surface area contributed by atoms with Crippen LogP contribution in [0.25, 0.3) is 10.8 Å². The zero-order valence-corrected chi connectivity index (χ0v) is 23.4. The van der Waals surface area contributed by atoms with Crippen LogP contribution in [0, 0.1) is 17.8 Å². The predicted molar refractivity (Wildman–Crippen MR) is 150 cm³/mol. The highest BCUT2D eigenvalue weighted by molar-refractivity contribution is 6.04. The van der Waals surface area contributed by atoms with Gasteiger partial charge in [-0.3, -0.25) is 14.4 Å². The number of hydrogen-bond acceptors (Lipinski definition) is 5. The molecule has 8 nitrogen and oxygen atoms in total. The summed E-state index contributed by atoms with van der Waals surface area (Å²) in [7, 11) is 0. The third-order valence-electron chi connectivity index (χ3n) is 9.06. The predicted octanol–water partition coefficient (Wildman–Crippen LogP) is 3.87. The lowest BCUT2D eigenvalue weighted by Crippen LogP contribution is -2.56. The Kier molecular flexibility index (Phi) is 7.46. The van der Waals surface area contributed by atoms with Crippen LogP contribution in [0.4, 0.5) is 5.69 Å². The number of amides is 3. The number of carbonyl (C=O) groups is 3. The molecule has 0 aromatic heterocycles. The lowest BCUT2D eigenvalue weighted by molar-refractivity contribution is -0.149. The Hall–Kier alpha value is -2.97. The Morgan fingerprint density at radius 2 is 1.85 bits per heavy atom. The minimum Gasteiger partial charge on any atom is -0.394 e. The van der Waals surface area contributed by atoms with Crippen LogP contribution in [0.2, 0.25) is 0 Å². The zero-order valence-electron chi connectivity index (χ0n) is 23.4. The van der Waals surface area contributed by atoms with E-state index >= 15 is 0 Å². The molecule has 1 spiro atoms. The largest absolute Gasteiger partial charge is 0.394 e. The highest BCUT2D eigenvalue weighted by atomic mass is 16.5. The van der Waals surface area contributed by atoms with Crippen molar-refractivity contribution in [2.24, 2.45) is 17.8 Å². The second kappa shape index (κ2) is 10.5. The lowest BCUT2D eigenvalue weighted by atomic mass is 9.65.